The largest absolute Gasteiger partial charge is 0.449 e. The van der Waals surface area contributed by atoms with Gasteiger partial charge in [0.05, 0.1) is 16.5 Å². The maximum absolute atomic E-state index is 12.5. The number of carbonyl (C=O) groups is 2. The summed E-state index contributed by atoms with van der Waals surface area (Å²) in [7, 11) is 0. The molecule has 0 bridgehead atoms. The van der Waals surface area contributed by atoms with E-state index in [0.29, 0.717) is 17.4 Å². The van der Waals surface area contributed by atoms with Gasteiger partial charge >= 0.3 is 5.97 Å². The molecule has 3 rings (SSSR count). The van der Waals surface area contributed by atoms with Gasteiger partial charge in [-0.3, -0.25) is 14.2 Å². The quantitative estimate of drug-likeness (QED) is 0.846. The van der Waals surface area contributed by atoms with Gasteiger partial charge in [0.25, 0.3) is 11.5 Å². The van der Waals surface area contributed by atoms with Gasteiger partial charge in [-0.15, -0.1) is 0 Å². The van der Waals surface area contributed by atoms with Crippen molar-refractivity contribution in [2.24, 2.45) is 0 Å². The fourth-order valence-electron chi connectivity index (χ4n) is 2.96. The predicted molar refractivity (Wildman–Crippen MR) is 97.1 cm³/mol. The number of benzene rings is 1. The van der Waals surface area contributed by atoms with E-state index in [4.69, 9.17) is 4.74 Å². The lowest BCUT2D eigenvalue weighted by atomic mass is 10.1. The van der Waals surface area contributed by atoms with Gasteiger partial charge in [0, 0.05) is 18.5 Å². The van der Waals surface area contributed by atoms with Crippen LogP contribution in [0.15, 0.2) is 23.0 Å². The summed E-state index contributed by atoms with van der Waals surface area (Å²) < 4.78 is 6.93. The van der Waals surface area contributed by atoms with E-state index in [-0.39, 0.29) is 17.0 Å². The molecule has 1 amide bonds. The zero-order valence-corrected chi connectivity index (χ0v) is 15.5. The lowest BCUT2D eigenvalue weighted by Gasteiger charge is -2.23. The molecule has 26 heavy (non-hydrogen) atoms. The van der Waals surface area contributed by atoms with Crippen molar-refractivity contribution in [3.05, 3.63) is 39.9 Å². The van der Waals surface area contributed by atoms with Crippen LogP contribution >= 0.6 is 0 Å². The second kappa shape index (κ2) is 6.55. The van der Waals surface area contributed by atoms with Crippen molar-refractivity contribution < 1.29 is 14.3 Å². The molecule has 7 heteroatoms. The van der Waals surface area contributed by atoms with Gasteiger partial charge in [0.15, 0.2) is 6.10 Å². The Morgan fingerprint density at radius 2 is 2.04 bits per heavy atom. The third kappa shape index (κ3) is 3.61. The minimum absolute atomic E-state index is 0.0830. The molecule has 2 heterocycles. The van der Waals surface area contributed by atoms with Crippen LogP contribution in [-0.2, 0) is 22.5 Å². The van der Waals surface area contributed by atoms with Gasteiger partial charge < -0.3 is 10.1 Å². The van der Waals surface area contributed by atoms with Crippen molar-refractivity contribution in [2.45, 2.75) is 58.7 Å². The summed E-state index contributed by atoms with van der Waals surface area (Å²) in [4.78, 5) is 41.4. The number of aromatic nitrogens is 2. The van der Waals surface area contributed by atoms with E-state index in [1.807, 2.05) is 20.8 Å². The standard InChI is InChI=1S/C19H23N3O4/c1-11(16(23)21-19(2,3)4)26-18(25)12-7-8-13-14(10-12)20-15-6-5-9-22(15)17(13)24/h7-8,10-11H,5-6,9H2,1-4H3,(H,21,23)/t11-/m1/s1. The number of fused-ring (bicyclic) bond motifs is 2. The number of amides is 1. The van der Waals surface area contributed by atoms with Gasteiger partial charge in [0.2, 0.25) is 0 Å². The molecule has 0 fully saturated rings. The van der Waals surface area contributed by atoms with E-state index < -0.39 is 17.6 Å². The van der Waals surface area contributed by atoms with Crippen molar-refractivity contribution in [3.8, 4) is 0 Å². The molecule has 7 nitrogen and oxygen atoms in total. The topological polar surface area (TPSA) is 90.3 Å². The maximum Gasteiger partial charge on any atom is 0.338 e. The lowest BCUT2D eigenvalue weighted by molar-refractivity contribution is -0.130. The van der Waals surface area contributed by atoms with Gasteiger partial charge in [-0.05, 0) is 52.3 Å². The van der Waals surface area contributed by atoms with Crippen LogP contribution in [0, 0.1) is 0 Å². The van der Waals surface area contributed by atoms with E-state index >= 15 is 0 Å². The minimum atomic E-state index is -0.920. The molecule has 138 valence electrons. The molecule has 0 unspecified atom stereocenters. The molecule has 0 saturated carbocycles. The Bertz CT molecular complexity index is 940. The number of aryl methyl sites for hydroxylation is 1. The minimum Gasteiger partial charge on any atom is -0.449 e. The van der Waals surface area contributed by atoms with Crippen LogP contribution in [0.5, 0.6) is 0 Å². The molecule has 2 aromatic rings. The molecule has 1 atom stereocenters. The van der Waals surface area contributed by atoms with Crippen molar-refractivity contribution >= 4 is 22.8 Å². The predicted octanol–water partition coefficient (Wildman–Crippen LogP) is 1.80. The van der Waals surface area contributed by atoms with Gasteiger partial charge in [0.1, 0.15) is 5.82 Å². The van der Waals surface area contributed by atoms with Crippen molar-refractivity contribution in [1.29, 1.82) is 0 Å². The molecule has 0 radical (unpaired) electrons. The van der Waals surface area contributed by atoms with Gasteiger partial charge in [-0.1, -0.05) is 0 Å². The monoisotopic (exact) mass is 357 g/mol. The normalized spacial score (nSPS) is 14.8. The number of esters is 1. The fraction of sp³-hybridized carbons (Fsp3) is 0.474. The third-order valence-corrected chi connectivity index (χ3v) is 4.20. The fourth-order valence-corrected chi connectivity index (χ4v) is 2.96. The number of ether oxygens (including phenoxy) is 1. The number of carbonyl (C=O) groups excluding carboxylic acids is 2. The summed E-state index contributed by atoms with van der Waals surface area (Å²) in [5.41, 5.74) is 0.250. The summed E-state index contributed by atoms with van der Waals surface area (Å²) in [6, 6.07) is 4.67. The van der Waals surface area contributed by atoms with Crippen LogP contribution in [0.2, 0.25) is 0 Å². The van der Waals surface area contributed by atoms with Gasteiger partial charge in [-0.2, -0.15) is 0 Å². The second-order valence-electron chi connectivity index (χ2n) is 7.61. The van der Waals surface area contributed by atoms with E-state index in [1.54, 1.807) is 16.7 Å². The number of hydrogen-bond acceptors (Lipinski definition) is 5. The summed E-state index contributed by atoms with van der Waals surface area (Å²) in [6.45, 7) is 7.76. The van der Waals surface area contributed by atoms with Crippen molar-refractivity contribution in [1.82, 2.24) is 14.9 Å². The lowest BCUT2D eigenvalue weighted by Crippen LogP contribution is -2.46. The van der Waals surface area contributed by atoms with Crippen LogP contribution < -0.4 is 10.9 Å². The number of rotatable bonds is 3. The first-order valence-electron chi connectivity index (χ1n) is 8.72. The van der Waals surface area contributed by atoms with Crippen LogP contribution in [0.25, 0.3) is 10.9 Å². The van der Waals surface area contributed by atoms with Crippen LogP contribution in [0.3, 0.4) is 0 Å². The third-order valence-electron chi connectivity index (χ3n) is 4.20. The summed E-state index contributed by atoms with van der Waals surface area (Å²) in [6.07, 6.45) is 0.730. The molecule has 0 aliphatic carbocycles. The molecular formula is C19H23N3O4. The first-order valence-corrected chi connectivity index (χ1v) is 8.72. The zero-order chi connectivity index (χ0) is 19.1. The molecule has 0 saturated heterocycles. The average molecular weight is 357 g/mol. The smallest absolute Gasteiger partial charge is 0.338 e. The summed E-state index contributed by atoms with van der Waals surface area (Å²) in [5.74, 6) is -0.238. The maximum atomic E-state index is 12.5. The second-order valence-corrected chi connectivity index (χ2v) is 7.61. The Morgan fingerprint density at radius 3 is 2.73 bits per heavy atom. The Kier molecular flexibility index (Phi) is 4.56. The van der Waals surface area contributed by atoms with Gasteiger partial charge in [-0.25, -0.2) is 9.78 Å². The summed E-state index contributed by atoms with van der Waals surface area (Å²) in [5, 5.41) is 3.25. The molecule has 1 N–H and O–H groups in total. The Labute approximate surface area is 151 Å². The highest BCUT2D eigenvalue weighted by atomic mass is 16.5. The van der Waals surface area contributed by atoms with Crippen molar-refractivity contribution in [3.63, 3.8) is 0 Å². The zero-order valence-electron chi connectivity index (χ0n) is 15.5. The van der Waals surface area contributed by atoms with Crippen LogP contribution in [0.1, 0.15) is 50.3 Å². The Morgan fingerprint density at radius 1 is 1.31 bits per heavy atom. The number of nitrogens with zero attached hydrogens (tertiary/aromatic N) is 2. The average Bonchev–Trinajstić information content (AvgIpc) is 3.01. The SMILES string of the molecule is C[C@@H](OC(=O)c1ccc2c(=O)n3c(nc2c1)CCC3)C(=O)NC(C)(C)C. The van der Waals surface area contributed by atoms with E-state index in [1.165, 1.54) is 13.0 Å². The molecule has 1 aliphatic heterocycles. The van der Waals surface area contributed by atoms with Crippen LogP contribution in [-0.4, -0.2) is 33.1 Å². The van der Waals surface area contributed by atoms with E-state index in [0.717, 1.165) is 18.7 Å². The highest BCUT2D eigenvalue weighted by Gasteiger charge is 2.23. The Balaban J connectivity index is 1.82. The highest BCUT2D eigenvalue weighted by Crippen LogP contribution is 2.17. The molecular weight excluding hydrogens is 334 g/mol. The molecule has 1 aliphatic rings. The molecule has 1 aromatic heterocycles. The first kappa shape index (κ1) is 18.1. The Hall–Kier alpha value is -2.70. The molecule has 0 spiro atoms. The van der Waals surface area contributed by atoms with Crippen LogP contribution in [0.4, 0.5) is 0 Å². The first-order chi connectivity index (χ1) is 12.2. The summed E-state index contributed by atoms with van der Waals surface area (Å²) >= 11 is 0. The van der Waals surface area contributed by atoms with E-state index in [2.05, 4.69) is 10.3 Å². The van der Waals surface area contributed by atoms with Crippen molar-refractivity contribution in [2.75, 3.05) is 0 Å². The highest BCUT2D eigenvalue weighted by molar-refractivity contribution is 5.95. The van der Waals surface area contributed by atoms with E-state index in [9.17, 15) is 14.4 Å². The number of nitrogens with one attached hydrogen (secondary N) is 1. The number of hydrogen-bond donors (Lipinski definition) is 1. The molecule has 1 aromatic carbocycles.